The molecule has 7 heteroatoms. The first-order valence-electron chi connectivity index (χ1n) is 9.13. The lowest BCUT2D eigenvalue weighted by molar-refractivity contribution is -0.133. The van der Waals surface area contributed by atoms with E-state index in [-0.39, 0.29) is 17.6 Å². The van der Waals surface area contributed by atoms with E-state index in [0.717, 1.165) is 10.6 Å². The highest BCUT2D eigenvalue weighted by Crippen LogP contribution is 2.20. The van der Waals surface area contributed by atoms with Crippen molar-refractivity contribution < 1.29 is 19.5 Å². The van der Waals surface area contributed by atoms with Gasteiger partial charge in [-0.15, -0.1) is 11.8 Å². The molecule has 0 heterocycles. The van der Waals surface area contributed by atoms with E-state index >= 15 is 0 Å². The Morgan fingerprint density at radius 2 is 1.47 bits per heavy atom. The molecule has 6 nitrogen and oxygen atoms in total. The van der Waals surface area contributed by atoms with Crippen LogP contribution >= 0.6 is 11.8 Å². The van der Waals surface area contributed by atoms with Crippen molar-refractivity contribution in [3.63, 3.8) is 0 Å². The van der Waals surface area contributed by atoms with Gasteiger partial charge in [-0.1, -0.05) is 18.2 Å². The topological polar surface area (TPSA) is 86.7 Å². The van der Waals surface area contributed by atoms with Gasteiger partial charge in [0, 0.05) is 34.4 Å². The van der Waals surface area contributed by atoms with Gasteiger partial charge in [-0.3, -0.25) is 14.4 Å². The Bertz CT molecular complexity index is 1040. The maximum absolute atomic E-state index is 12.6. The molecule has 30 heavy (non-hydrogen) atoms. The number of nitrogens with zero attached hydrogens (tertiary/aromatic N) is 1. The number of rotatable bonds is 7. The smallest absolute Gasteiger partial charge is 0.313 e. The first-order chi connectivity index (χ1) is 14.4. The predicted octanol–water partition coefficient (Wildman–Crippen LogP) is 4.39. The van der Waals surface area contributed by atoms with E-state index < -0.39 is 5.97 Å². The number of carbonyl (C=O) groups is 3. The van der Waals surface area contributed by atoms with Crippen LogP contribution in [-0.4, -0.2) is 35.7 Å². The third kappa shape index (κ3) is 5.48. The van der Waals surface area contributed by atoms with Gasteiger partial charge in [-0.25, -0.2) is 0 Å². The molecule has 3 aromatic carbocycles. The molecule has 0 bridgehead atoms. The molecule has 2 amide bonds. The highest BCUT2D eigenvalue weighted by atomic mass is 32.2. The Kier molecular flexibility index (Phi) is 6.87. The van der Waals surface area contributed by atoms with Gasteiger partial charge in [0.25, 0.3) is 11.8 Å². The van der Waals surface area contributed by atoms with E-state index in [0.29, 0.717) is 16.8 Å². The summed E-state index contributed by atoms with van der Waals surface area (Å²) in [6.45, 7) is 0. The van der Waals surface area contributed by atoms with Crippen LogP contribution in [0.3, 0.4) is 0 Å². The van der Waals surface area contributed by atoms with Crippen molar-refractivity contribution in [2.75, 3.05) is 23.0 Å². The second kappa shape index (κ2) is 9.76. The van der Waals surface area contributed by atoms with Gasteiger partial charge in [-0.05, 0) is 60.7 Å². The normalized spacial score (nSPS) is 10.3. The molecule has 0 aliphatic carbocycles. The highest BCUT2D eigenvalue weighted by molar-refractivity contribution is 8.00. The van der Waals surface area contributed by atoms with E-state index in [4.69, 9.17) is 5.11 Å². The van der Waals surface area contributed by atoms with Crippen LogP contribution in [0.5, 0.6) is 0 Å². The fourth-order valence-corrected chi connectivity index (χ4v) is 3.33. The Labute approximate surface area is 178 Å². The number of thioether (sulfide) groups is 1. The third-order valence-electron chi connectivity index (χ3n) is 4.32. The third-order valence-corrected chi connectivity index (χ3v) is 5.31. The van der Waals surface area contributed by atoms with E-state index in [1.165, 1.54) is 11.8 Å². The number of benzene rings is 3. The van der Waals surface area contributed by atoms with Crippen molar-refractivity contribution in [3.05, 3.63) is 90.0 Å². The number of aliphatic carboxylic acids is 1. The van der Waals surface area contributed by atoms with E-state index in [2.05, 4.69) is 5.32 Å². The second-order valence-electron chi connectivity index (χ2n) is 6.44. The van der Waals surface area contributed by atoms with Crippen LogP contribution in [0.2, 0.25) is 0 Å². The SMILES string of the molecule is CN(C(=O)c1ccc(NC(=O)c2ccc(SCC(=O)O)cc2)cc1)c1ccccc1. The van der Waals surface area contributed by atoms with E-state index in [9.17, 15) is 14.4 Å². The lowest BCUT2D eigenvalue weighted by Crippen LogP contribution is -2.26. The Hall–Kier alpha value is -3.58. The summed E-state index contributed by atoms with van der Waals surface area (Å²) in [5.74, 6) is -1.35. The maximum Gasteiger partial charge on any atom is 0.313 e. The Morgan fingerprint density at radius 3 is 2.07 bits per heavy atom. The number of carbonyl (C=O) groups excluding carboxylic acids is 2. The lowest BCUT2D eigenvalue weighted by atomic mass is 10.1. The summed E-state index contributed by atoms with van der Waals surface area (Å²) < 4.78 is 0. The summed E-state index contributed by atoms with van der Waals surface area (Å²) in [5.41, 5.74) is 2.34. The average molecular weight is 420 g/mol. The summed E-state index contributed by atoms with van der Waals surface area (Å²) >= 11 is 1.19. The van der Waals surface area contributed by atoms with Gasteiger partial charge in [0.2, 0.25) is 0 Å². The van der Waals surface area contributed by atoms with Crippen LogP contribution in [0.15, 0.2) is 83.8 Å². The van der Waals surface area contributed by atoms with Crippen molar-refractivity contribution in [1.82, 2.24) is 0 Å². The monoisotopic (exact) mass is 420 g/mol. The molecule has 0 aromatic heterocycles. The fraction of sp³-hybridized carbons (Fsp3) is 0.0870. The number of amides is 2. The van der Waals surface area contributed by atoms with Crippen molar-refractivity contribution in [1.29, 1.82) is 0 Å². The minimum atomic E-state index is -0.890. The minimum absolute atomic E-state index is 0.0317. The summed E-state index contributed by atoms with van der Waals surface area (Å²) in [6.07, 6.45) is 0. The predicted molar refractivity (Wildman–Crippen MR) is 118 cm³/mol. The van der Waals surface area contributed by atoms with Crippen molar-refractivity contribution >= 4 is 40.9 Å². The van der Waals surface area contributed by atoms with Crippen LogP contribution in [0.25, 0.3) is 0 Å². The molecular formula is C23H20N2O4S. The zero-order valence-corrected chi connectivity index (χ0v) is 17.1. The van der Waals surface area contributed by atoms with Gasteiger partial charge in [0.05, 0.1) is 5.75 Å². The standard InChI is InChI=1S/C23H20N2O4S/c1-25(19-5-3-2-4-6-19)23(29)17-7-11-18(12-8-17)24-22(28)16-9-13-20(14-10-16)30-15-21(26)27/h2-14H,15H2,1H3,(H,24,28)(H,26,27). The molecular weight excluding hydrogens is 400 g/mol. The number of para-hydroxylation sites is 1. The minimum Gasteiger partial charge on any atom is -0.481 e. The number of nitrogens with one attached hydrogen (secondary N) is 1. The quantitative estimate of drug-likeness (QED) is 0.554. The molecule has 2 N–H and O–H groups in total. The van der Waals surface area contributed by atoms with E-state index in [1.807, 2.05) is 30.3 Å². The van der Waals surface area contributed by atoms with Crippen LogP contribution in [0.4, 0.5) is 11.4 Å². The van der Waals surface area contributed by atoms with E-state index in [1.54, 1.807) is 60.5 Å². The molecule has 0 unspecified atom stereocenters. The summed E-state index contributed by atoms with van der Waals surface area (Å²) in [5, 5.41) is 11.5. The van der Waals surface area contributed by atoms with Crippen LogP contribution in [0.1, 0.15) is 20.7 Å². The van der Waals surface area contributed by atoms with Gasteiger partial charge in [-0.2, -0.15) is 0 Å². The van der Waals surface area contributed by atoms with Crippen molar-refractivity contribution in [2.45, 2.75) is 4.90 Å². The Morgan fingerprint density at radius 1 is 0.867 bits per heavy atom. The largest absolute Gasteiger partial charge is 0.481 e. The molecule has 0 aliphatic rings. The maximum atomic E-state index is 12.6. The van der Waals surface area contributed by atoms with Gasteiger partial charge >= 0.3 is 5.97 Å². The Balaban J connectivity index is 1.61. The fourth-order valence-electron chi connectivity index (χ4n) is 2.71. The molecule has 0 spiro atoms. The lowest BCUT2D eigenvalue weighted by Gasteiger charge is -2.17. The molecule has 0 fully saturated rings. The number of hydrogen-bond donors (Lipinski definition) is 2. The first-order valence-corrected chi connectivity index (χ1v) is 10.1. The zero-order chi connectivity index (χ0) is 21.5. The second-order valence-corrected chi connectivity index (χ2v) is 7.49. The number of carboxylic acid groups (broad SMARTS) is 1. The van der Waals surface area contributed by atoms with Crippen LogP contribution in [-0.2, 0) is 4.79 Å². The molecule has 3 aromatic rings. The molecule has 0 atom stereocenters. The van der Waals surface area contributed by atoms with Crippen LogP contribution in [0, 0.1) is 0 Å². The van der Waals surface area contributed by atoms with Crippen LogP contribution < -0.4 is 10.2 Å². The number of anilines is 2. The van der Waals surface area contributed by atoms with Gasteiger partial charge < -0.3 is 15.3 Å². The van der Waals surface area contributed by atoms with Crippen molar-refractivity contribution in [3.8, 4) is 0 Å². The number of carboxylic acids is 1. The zero-order valence-electron chi connectivity index (χ0n) is 16.2. The first kappa shape index (κ1) is 21.1. The summed E-state index contributed by atoms with van der Waals surface area (Å²) in [6, 6.07) is 22.8. The molecule has 0 aliphatic heterocycles. The summed E-state index contributed by atoms with van der Waals surface area (Å²) in [4.78, 5) is 38.0. The molecule has 0 saturated carbocycles. The summed E-state index contributed by atoms with van der Waals surface area (Å²) in [7, 11) is 1.71. The van der Waals surface area contributed by atoms with Gasteiger partial charge in [0.15, 0.2) is 0 Å². The molecule has 0 radical (unpaired) electrons. The number of hydrogen-bond acceptors (Lipinski definition) is 4. The highest BCUT2D eigenvalue weighted by Gasteiger charge is 2.13. The average Bonchev–Trinajstić information content (AvgIpc) is 2.78. The molecule has 152 valence electrons. The van der Waals surface area contributed by atoms with Gasteiger partial charge in [0.1, 0.15) is 0 Å². The van der Waals surface area contributed by atoms with Crippen molar-refractivity contribution in [2.24, 2.45) is 0 Å². The molecule has 3 rings (SSSR count). The molecule has 0 saturated heterocycles.